The molecule has 1 fully saturated rings. The normalized spacial score (nSPS) is 16.6. The van der Waals surface area contributed by atoms with Crippen molar-refractivity contribution in [1.82, 2.24) is 4.90 Å². The van der Waals surface area contributed by atoms with Crippen LogP contribution in [0.5, 0.6) is 0 Å². The monoisotopic (exact) mass is 277 g/mol. The fourth-order valence-corrected chi connectivity index (χ4v) is 2.19. The van der Waals surface area contributed by atoms with Gasteiger partial charge >= 0.3 is 5.97 Å². The number of amides is 1. The fourth-order valence-electron chi connectivity index (χ4n) is 2.19. The lowest BCUT2D eigenvalue weighted by molar-refractivity contribution is -0.144. The van der Waals surface area contributed by atoms with Crippen LogP contribution in [0.2, 0.25) is 0 Å². The molecule has 20 heavy (non-hydrogen) atoms. The van der Waals surface area contributed by atoms with Crippen molar-refractivity contribution >= 4 is 18.0 Å². The molecule has 1 saturated heterocycles. The van der Waals surface area contributed by atoms with Crippen LogP contribution in [0, 0.1) is 11.7 Å². The van der Waals surface area contributed by atoms with E-state index in [0.717, 1.165) is 5.56 Å². The van der Waals surface area contributed by atoms with Crippen molar-refractivity contribution in [2.45, 2.75) is 12.8 Å². The van der Waals surface area contributed by atoms with Gasteiger partial charge in [-0.2, -0.15) is 0 Å². The zero-order chi connectivity index (χ0) is 14.5. The summed E-state index contributed by atoms with van der Waals surface area (Å²) < 4.78 is 12.7. The molecule has 106 valence electrons. The summed E-state index contributed by atoms with van der Waals surface area (Å²) in [5.41, 5.74) is 0.750. The summed E-state index contributed by atoms with van der Waals surface area (Å²) in [6, 6.07) is 5.86. The Hall–Kier alpha value is -2.17. The van der Waals surface area contributed by atoms with E-state index < -0.39 is 5.97 Å². The smallest absolute Gasteiger partial charge is 0.306 e. The standard InChI is InChI=1S/C15H16FNO3/c16-13-4-1-11(2-5-13)3-6-14(18)17-9-7-12(8-10-17)15(19)20/h1-6,12H,7-10H2,(H,19,20)/b6-3+. The largest absolute Gasteiger partial charge is 0.481 e. The van der Waals surface area contributed by atoms with E-state index in [2.05, 4.69) is 0 Å². The summed E-state index contributed by atoms with van der Waals surface area (Å²) in [6.45, 7) is 0.924. The highest BCUT2D eigenvalue weighted by Gasteiger charge is 2.25. The average Bonchev–Trinajstić information content (AvgIpc) is 2.46. The first-order valence-electron chi connectivity index (χ1n) is 6.51. The molecular weight excluding hydrogens is 261 g/mol. The molecule has 0 bridgehead atoms. The molecule has 4 nitrogen and oxygen atoms in total. The first kappa shape index (κ1) is 14.2. The van der Waals surface area contributed by atoms with Crippen molar-refractivity contribution in [2.75, 3.05) is 13.1 Å². The van der Waals surface area contributed by atoms with Gasteiger partial charge in [-0.05, 0) is 36.6 Å². The second-order valence-corrected chi connectivity index (χ2v) is 4.82. The van der Waals surface area contributed by atoms with Crippen LogP contribution < -0.4 is 0 Å². The lowest BCUT2D eigenvalue weighted by atomic mass is 9.97. The maximum atomic E-state index is 12.7. The predicted molar refractivity (Wildman–Crippen MR) is 72.4 cm³/mol. The number of likely N-dealkylation sites (tertiary alicyclic amines) is 1. The third-order valence-electron chi connectivity index (χ3n) is 3.44. The van der Waals surface area contributed by atoms with Gasteiger partial charge < -0.3 is 10.0 Å². The molecule has 2 rings (SSSR count). The molecule has 0 atom stereocenters. The van der Waals surface area contributed by atoms with E-state index in [1.54, 1.807) is 23.1 Å². The molecule has 0 spiro atoms. The Labute approximate surface area is 116 Å². The van der Waals surface area contributed by atoms with Crippen LogP contribution in [0.15, 0.2) is 30.3 Å². The molecule has 1 aromatic rings. The van der Waals surface area contributed by atoms with Crippen molar-refractivity contribution in [3.8, 4) is 0 Å². The lowest BCUT2D eigenvalue weighted by Gasteiger charge is -2.29. The summed E-state index contributed by atoms with van der Waals surface area (Å²) in [7, 11) is 0. The predicted octanol–water partition coefficient (Wildman–Crippen LogP) is 2.16. The molecule has 0 unspecified atom stereocenters. The van der Waals surface area contributed by atoms with E-state index >= 15 is 0 Å². The average molecular weight is 277 g/mol. The minimum Gasteiger partial charge on any atom is -0.481 e. The highest BCUT2D eigenvalue weighted by Crippen LogP contribution is 2.17. The highest BCUT2D eigenvalue weighted by molar-refractivity contribution is 5.91. The second-order valence-electron chi connectivity index (χ2n) is 4.82. The van der Waals surface area contributed by atoms with Crippen molar-refractivity contribution in [3.05, 3.63) is 41.7 Å². The van der Waals surface area contributed by atoms with E-state index in [1.807, 2.05) is 0 Å². The topological polar surface area (TPSA) is 57.6 Å². The number of carboxylic acids is 1. The first-order chi connectivity index (χ1) is 9.56. The van der Waals surface area contributed by atoms with Crippen molar-refractivity contribution in [1.29, 1.82) is 0 Å². The SMILES string of the molecule is O=C(O)C1CCN(C(=O)/C=C/c2ccc(F)cc2)CC1. The van der Waals surface area contributed by atoms with Gasteiger partial charge in [0.25, 0.3) is 0 Å². The molecule has 1 heterocycles. The molecule has 0 aromatic heterocycles. The Bertz CT molecular complexity index is 516. The van der Waals surface area contributed by atoms with Gasteiger partial charge in [-0.3, -0.25) is 9.59 Å². The van der Waals surface area contributed by atoms with Gasteiger partial charge in [0, 0.05) is 19.2 Å². The van der Waals surface area contributed by atoms with E-state index in [4.69, 9.17) is 5.11 Å². The van der Waals surface area contributed by atoms with Crippen LogP contribution in [-0.4, -0.2) is 35.0 Å². The van der Waals surface area contributed by atoms with Gasteiger partial charge in [0.15, 0.2) is 0 Å². The summed E-state index contributed by atoms with van der Waals surface area (Å²) in [5, 5.41) is 8.89. The van der Waals surface area contributed by atoms with Crippen LogP contribution in [-0.2, 0) is 9.59 Å². The number of hydrogen-bond donors (Lipinski definition) is 1. The second kappa shape index (κ2) is 6.32. The number of carboxylic acid groups (broad SMARTS) is 1. The molecule has 0 aliphatic carbocycles. The molecule has 5 heteroatoms. The van der Waals surface area contributed by atoms with Crippen LogP contribution in [0.25, 0.3) is 6.08 Å². The van der Waals surface area contributed by atoms with E-state index in [-0.39, 0.29) is 17.6 Å². The number of piperidine rings is 1. The van der Waals surface area contributed by atoms with Crippen molar-refractivity contribution < 1.29 is 19.1 Å². The molecular formula is C15H16FNO3. The van der Waals surface area contributed by atoms with Gasteiger partial charge in [0.2, 0.25) is 5.91 Å². The first-order valence-corrected chi connectivity index (χ1v) is 6.51. The summed E-state index contributed by atoms with van der Waals surface area (Å²) in [6.07, 6.45) is 4.05. The fraction of sp³-hybridized carbons (Fsp3) is 0.333. The molecule has 1 N–H and O–H groups in total. The number of rotatable bonds is 3. The summed E-state index contributed by atoms with van der Waals surface area (Å²) >= 11 is 0. The van der Waals surface area contributed by atoms with Gasteiger partial charge in [0.1, 0.15) is 5.82 Å². The van der Waals surface area contributed by atoms with Gasteiger partial charge in [-0.15, -0.1) is 0 Å². The minimum atomic E-state index is -0.793. The Morgan fingerprint density at radius 3 is 2.35 bits per heavy atom. The molecule has 0 radical (unpaired) electrons. The minimum absolute atomic E-state index is 0.141. The van der Waals surface area contributed by atoms with Crippen LogP contribution >= 0.6 is 0 Å². The Morgan fingerprint density at radius 2 is 1.80 bits per heavy atom. The molecule has 1 aromatic carbocycles. The number of benzene rings is 1. The summed E-state index contributed by atoms with van der Waals surface area (Å²) in [5.74, 6) is -1.60. The van der Waals surface area contributed by atoms with Crippen LogP contribution in [0.4, 0.5) is 4.39 Å². The third kappa shape index (κ3) is 3.66. The Balaban J connectivity index is 1.89. The number of halogens is 1. The van der Waals surface area contributed by atoms with Crippen LogP contribution in [0.1, 0.15) is 18.4 Å². The third-order valence-corrected chi connectivity index (χ3v) is 3.44. The van der Waals surface area contributed by atoms with Crippen molar-refractivity contribution in [3.63, 3.8) is 0 Å². The molecule has 1 aliphatic heterocycles. The molecule has 0 saturated carbocycles. The maximum Gasteiger partial charge on any atom is 0.306 e. The highest BCUT2D eigenvalue weighted by atomic mass is 19.1. The quantitative estimate of drug-likeness (QED) is 0.861. The number of carbonyl (C=O) groups is 2. The number of nitrogens with zero attached hydrogens (tertiary/aromatic N) is 1. The van der Waals surface area contributed by atoms with Gasteiger partial charge in [0.05, 0.1) is 5.92 Å². The maximum absolute atomic E-state index is 12.7. The van der Waals surface area contributed by atoms with Crippen molar-refractivity contribution in [2.24, 2.45) is 5.92 Å². The zero-order valence-electron chi connectivity index (χ0n) is 11.0. The molecule has 1 aliphatic rings. The van der Waals surface area contributed by atoms with Crippen LogP contribution in [0.3, 0.4) is 0 Å². The number of carbonyl (C=O) groups excluding carboxylic acids is 1. The number of aliphatic carboxylic acids is 1. The van der Waals surface area contributed by atoms with Gasteiger partial charge in [-0.25, -0.2) is 4.39 Å². The molecule has 1 amide bonds. The van der Waals surface area contributed by atoms with Gasteiger partial charge in [-0.1, -0.05) is 12.1 Å². The van der Waals surface area contributed by atoms with E-state index in [9.17, 15) is 14.0 Å². The Kier molecular flexibility index (Phi) is 4.50. The Morgan fingerprint density at radius 1 is 1.20 bits per heavy atom. The summed E-state index contributed by atoms with van der Waals surface area (Å²) in [4.78, 5) is 24.4. The van der Waals surface area contributed by atoms with E-state index in [1.165, 1.54) is 18.2 Å². The number of hydrogen-bond acceptors (Lipinski definition) is 2. The zero-order valence-corrected chi connectivity index (χ0v) is 11.0. The lowest BCUT2D eigenvalue weighted by Crippen LogP contribution is -2.39. The van der Waals surface area contributed by atoms with E-state index in [0.29, 0.717) is 25.9 Å².